The third kappa shape index (κ3) is 1.95. The number of carbonyl (C=O) groups is 1. The van der Waals surface area contributed by atoms with Gasteiger partial charge in [0.05, 0.1) is 17.9 Å². The van der Waals surface area contributed by atoms with Gasteiger partial charge in [0.2, 0.25) is 0 Å². The molecule has 1 heterocycles. The number of benzene rings is 1. The Morgan fingerprint density at radius 2 is 2.40 bits per heavy atom. The Morgan fingerprint density at radius 3 is 3.07 bits per heavy atom. The maximum atomic E-state index is 10.9. The second kappa shape index (κ2) is 4.14. The van der Waals surface area contributed by atoms with E-state index >= 15 is 0 Å². The predicted octanol–water partition coefficient (Wildman–Crippen LogP) is 2.04. The Balaban J connectivity index is 2.31. The SMILES string of the molecule is COc1cccc2c1SC[C@@H](C(=O)O)C2. The number of carboxylic acid groups (broad SMARTS) is 1. The number of thioether (sulfide) groups is 1. The number of hydrogen-bond acceptors (Lipinski definition) is 3. The number of hydrogen-bond donors (Lipinski definition) is 1. The van der Waals surface area contributed by atoms with Crippen molar-refractivity contribution >= 4 is 17.7 Å². The first-order valence-corrected chi connectivity index (χ1v) is 5.72. The molecule has 1 aromatic rings. The molecule has 1 N–H and O–H groups in total. The van der Waals surface area contributed by atoms with Gasteiger partial charge in [-0.2, -0.15) is 0 Å². The normalized spacial score (nSPS) is 19.4. The van der Waals surface area contributed by atoms with Gasteiger partial charge in [-0.1, -0.05) is 12.1 Å². The molecule has 0 amide bonds. The molecule has 0 unspecified atom stereocenters. The van der Waals surface area contributed by atoms with Crippen LogP contribution in [0.25, 0.3) is 0 Å². The molecule has 0 fully saturated rings. The summed E-state index contributed by atoms with van der Waals surface area (Å²) in [5.74, 6) is 0.495. The van der Waals surface area contributed by atoms with Crippen molar-refractivity contribution in [3.8, 4) is 5.75 Å². The number of ether oxygens (including phenoxy) is 1. The van der Waals surface area contributed by atoms with Gasteiger partial charge < -0.3 is 9.84 Å². The highest BCUT2D eigenvalue weighted by molar-refractivity contribution is 7.99. The van der Waals surface area contributed by atoms with Crippen LogP contribution in [0, 0.1) is 5.92 Å². The minimum atomic E-state index is -0.712. The van der Waals surface area contributed by atoms with E-state index in [4.69, 9.17) is 9.84 Å². The van der Waals surface area contributed by atoms with Gasteiger partial charge in [-0.15, -0.1) is 11.8 Å². The Bertz CT molecular complexity index is 389. The topological polar surface area (TPSA) is 46.5 Å². The van der Waals surface area contributed by atoms with Crippen LogP contribution in [-0.4, -0.2) is 23.9 Å². The highest BCUT2D eigenvalue weighted by atomic mass is 32.2. The third-order valence-corrected chi connectivity index (χ3v) is 3.85. The van der Waals surface area contributed by atoms with E-state index in [1.165, 1.54) is 0 Å². The van der Waals surface area contributed by atoms with Crippen LogP contribution in [0.3, 0.4) is 0 Å². The lowest BCUT2D eigenvalue weighted by Crippen LogP contribution is -2.22. The van der Waals surface area contributed by atoms with E-state index in [0.717, 1.165) is 16.2 Å². The molecule has 1 aliphatic rings. The van der Waals surface area contributed by atoms with Gasteiger partial charge in [-0.3, -0.25) is 4.79 Å². The van der Waals surface area contributed by atoms with Gasteiger partial charge in [0.15, 0.2) is 0 Å². The quantitative estimate of drug-likeness (QED) is 0.835. The number of aliphatic carboxylic acids is 1. The molecule has 80 valence electrons. The zero-order valence-corrected chi connectivity index (χ0v) is 9.21. The fourth-order valence-corrected chi connectivity index (χ4v) is 2.97. The van der Waals surface area contributed by atoms with Crippen LogP contribution in [-0.2, 0) is 11.2 Å². The minimum absolute atomic E-state index is 0.269. The standard InChI is InChI=1S/C11H12O3S/c1-14-9-4-2-3-7-5-8(11(12)13)6-15-10(7)9/h2-4,8H,5-6H2,1H3,(H,12,13)/t8-/m0/s1. The van der Waals surface area contributed by atoms with Gasteiger partial charge >= 0.3 is 5.97 Å². The van der Waals surface area contributed by atoms with Crippen LogP contribution < -0.4 is 4.74 Å². The zero-order valence-electron chi connectivity index (χ0n) is 8.40. The summed E-state index contributed by atoms with van der Waals surface area (Å²) in [6, 6.07) is 5.79. The van der Waals surface area contributed by atoms with Crippen LogP contribution in [0.5, 0.6) is 5.75 Å². The van der Waals surface area contributed by atoms with E-state index in [1.807, 2.05) is 18.2 Å². The maximum absolute atomic E-state index is 10.9. The average molecular weight is 224 g/mol. The van der Waals surface area contributed by atoms with Gasteiger partial charge in [-0.25, -0.2) is 0 Å². The third-order valence-electron chi connectivity index (χ3n) is 2.52. The van der Waals surface area contributed by atoms with E-state index < -0.39 is 5.97 Å². The molecule has 0 radical (unpaired) electrons. The lowest BCUT2D eigenvalue weighted by Gasteiger charge is -2.22. The van der Waals surface area contributed by atoms with Crippen molar-refractivity contribution in [3.05, 3.63) is 23.8 Å². The molecule has 0 spiro atoms. The highest BCUT2D eigenvalue weighted by Gasteiger charge is 2.26. The summed E-state index contributed by atoms with van der Waals surface area (Å²) in [6.45, 7) is 0. The summed E-state index contributed by atoms with van der Waals surface area (Å²) in [5.41, 5.74) is 1.08. The van der Waals surface area contributed by atoms with E-state index in [9.17, 15) is 4.79 Å². The molecule has 0 saturated carbocycles. The van der Waals surface area contributed by atoms with Crippen LogP contribution in [0.1, 0.15) is 5.56 Å². The molecule has 0 saturated heterocycles. The molecular formula is C11H12O3S. The molecule has 1 atom stereocenters. The lowest BCUT2D eigenvalue weighted by atomic mass is 10.0. The van der Waals surface area contributed by atoms with Crippen molar-refractivity contribution in [2.45, 2.75) is 11.3 Å². The summed E-state index contributed by atoms with van der Waals surface area (Å²) in [5, 5.41) is 8.95. The van der Waals surface area contributed by atoms with Crippen molar-refractivity contribution in [1.82, 2.24) is 0 Å². The van der Waals surface area contributed by atoms with Crippen molar-refractivity contribution in [1.29, 1.82) is 0 Å². The molecule has 0 aliphatic carbocycles. The van der Waals surface area contributed by atoms with Gasteiger partial charge in [0.25, 0.3) is 0 Å². The second-order valence-electron chi connectivity index (χ2n) is 3.50. The van der Waals surface area contributed by atoms with Crippen molar-refractivity contribution in [2.24, 2.45) is 5.92 Å². The summed E-state index contributed by atoms with van der Waals surface area (Å²) in [7, 11) is 1.64. The molecule has 1 aromatic carbocycles. The highest BCUT2D eigenvalue weighted by Crippen LogP contribution is 2.39. The molecular weight excluding hydrogens is 212 g/mol. The summed E-state index contributed by atoms with van der Waals surface area (Å²) < 4.78 is 5.24. The molecule has 1 aliphatic heterocycles. The largest absolute Gasteiger partial charge is 0.496 e. The van der Waals surface area contributed by atoms with Crippen molar-refractivity contribution < 1.29 is 14.6 Å². The Kier molecular flexibility index (Phi) is 2.86. The first-order valence-electron chi connectivity index (χ1n) is 4.74. The number of rotatable bonds is 2. The summed E-state index contributed by atoms with van der Waals surface area (Å²) in [6.07, 6.45) is 0.606. The number of methoxy groups -OCH3 is 1. The number of fused-ring (bicyclic) bond motifs is 1. The molecule has 3 nitrogen and oxygen atoms in total. The van der Waals surface area contributed by atoms with Gasteiger partial charge in [0.1, 0.15) is 5.75 Å². The van der Waals surface area contributed by atoms with E-state index in [1.54, 1.807) is 18.9 Å². The van der Waals surface area contributed by atoms with Crippen molar-refractivity contribution in [2.75, 3.05) is 12.9 Å². The predicted molar refractivity (Wildman–Crippen MR) is 58.5 cm³/mol. The van der Waals surface area contributed by atoms with Crippen LogP contribution in [0.15, 0.2) is 23.1 Å². The van der Waals surface area contributed by atoms with Crippen LogP contribution in [0.4, 0.5) is 0 Å². The molecule has 0 bridgehead atoms. The minimum Gasteiger partial charge on any atom is -0.496 e. The molecule has 15 heavy (non-hydrogen) atoms. The fraction of sp³-hybridized carbons (Fsp3) is 0.364. The van der Waals surface area contributed by atoms with Crippen molar-refractivity contribution in [3.63, 3.8) is 0 Å². The maximum Gasteiger partial charge on any atom is 0.307 e. The van der Waals surface area contributed by atoms with E-state index in [-0.39, 0.29) is 5.92 Å². The van der Waals surface area contributed by atoms with E-state index in [2.05, 4.69) is 0 Å². The first-order chi connectivity index (χ1) is 7.22. The Morgan fingerprint density at radius 1 is 1.60 bits per heavy atom. The van der Waals surface area contributed by atoms with E-state index in [0.29, 0.717) is 12.2 Å². The lowest BCUT2D eigenvalue weighted by molar-refractivity contribution is -0.140. The smallest absolute Gasteiger partial charge is 0.307 e. The first kappa shape index (κ1) is 10.4. The Labute approximate surface area is 92.4 Å². The van der Waals surface area contributed by atoms with Crippen LogP contribution >= 0.6 is 11.8 Å². The zero-order chi connectivity index (χ0) is 10.8. The van der Waals surface area contributed by atoms with Crippen LogP contribution in [0.2, 0.25) is 0 Å². The summed E-state index contributed by atoms with van der Waals surface area (Å²) in [4.78, 5) is 12.0. The van der Waals surface area contributed by atoms with Gasteiger partial charge in [-0.05, 0) is 18.1 Å². The summed E-state index contributed by atoms with van der Waals surface area (Å²) >= 11 is 1.57. The molecule has 4 heteroatoms. The fourth-order valence-electron chi connectivity index (χ4n) is 1.71. The molecule has 0 aromatic heterocycles. The number of carboxylic acids is 1. The second-order valence-corrected chi connectivity index (χ2v) is 4.53. The Hall–Kier alpha value is -1.16. The van der Waals surface area contributed by atoms with Gasteiger partial charge in [0, 0.05) is 5.75 Å². The average Bonchev–Trinajstić information content (AvgIpc) is 2.27. The monoisotopic (exact) mass is 224 g/mol. The molecule has 2 rings (SSSR count).